The number of methoxy groups -OCH3 is 1. The summed E-state index contributed by atoms with van der Waals surface area (Å²) in [4.78, 5) is 0. The first kappa shape index (κ1) is 9.72. The summed E-state index contributed by atoms with van der Waals surface area (Å²) in [7, 11) is 1.70. The molecule has 0 aliphatic heterocycles. The standard InChI is InChI=1S/C13H13O/c1-14-13-9-7-12(8-10-13)11-5-3-2-4-6-11/h2-7,9-10H,8H2,1H3. The minimum Gasteiger partial charge on any atom is -0.375 e. The van der Waals surface area contributed by atoms with Crippen LogP contribution >= 0.6 is 0 Å². The first-order valence-electron chi connectivity index (χ1n) is 4.73. The highest BCUT2D eigenvalue weighted by Crippen LogP contribution is 2.33. The molecule has 1 nitrogen and oxygen atoms in total. The van der Waals surface area contributed by atoms with Crippen molar-refractivity contribution in [2.24, 2.45) is 0 Å². The topological polar surface area (TPSA) is 9.23 Å². The normalized spacial score (nSPS) is 19.8. The number of rotatable bonds is 2. The van der Waals surface area contributed by atoms with E-state index in [1.807, 2.05) is 12.5 Å². The van der Waals surface area contributed by atoms with Crippen LogP contribution in [0.1, 0.15) is 12.0 Å². The Morgan fingerprint density at radius 3 is 2.43 bits per heavy atom. The van der Waals surface area contributed by atoms with Crippen LogP contribution in [0.5, 0.6) is 0 Å². The van der Waals surface area contributed by atoms with Crippen molar-refractivity contribution in [1.29, 1.82) is 0 Å². The highest BCUT2D eigenvalue weighted by Gasteiger charge is 2.23. The van der Waals surface area contributed by atoms with Crippen molar-refractivity contribution in [3.63, 3.8) is 0 Å². The molecule has 0 bridgehead atoms. The van der Waals surface area contributed by atoms with Gasteiger partial charge in [-0.2, -0.15) is 0 Å². The summed E-state index contributed by atoms with van der Waals surface area (Å²) in [5.41, 5.74) is 1.29. The molecule has 0 unspecified atom stereocenters. The zero-order valence-electron chi connectivity index (χ0n) is 8.23. The van der Waals surface area contributed by atoms with Crippen molar-refractivity contribution in [2.45, 2.75) is 6.42 Å². The lowest BCUT2D eigenvalue weighted by Crippen LogP contribution is -2.15. The van der Waals surface area contributed by atoms with Crippen LogP contribution in [0, 0.1) is 31.3 Å². The molecular formula is C13H13O. The summed E-state index contributed by atoms with van der Waals surface area (Å²) < 4.78 is 5.14. The van der Waals surface area contributed by atoms with Gasteiger partial charge in [-0.3, -0.25) is 0 Å². The third kappa shape index (κ3) is 2.16. The van der Waals surface area contributed by atoms with Crippen LogP contribution in [0.3, 0.4) is 0 Å². The maximum atomic E-state index is 5.14. The number of hydrogen-bond acceptors (Lipinski definition) is 1. The van der Waals surface area contributed by atoms with Gasteiger partial charge in [0.1, 0.15) is 6.10 Å². The van der Waals surface area contributed by atoms with Crippen LogP contribution in [-0.2, 0) is 4.74 Å². The number of ether oxygens (including phenoxy) is 1. The van der Waals surface area contributed by atoms with E-state index in [1.54, 1.807) is 7.11 Å². The Kier molecular flexibility index (Phi) is 3.20. The SMILES string of the molecule is CO[C]1[CH][CH][C](c2ccccc2)C[CH]1. The van der Waals surface area contributed by atoms with Crippen LogP contribution < -0.4 is 0 Å². The largest absolute Gasteiger partial charge is 0.375 e. The van der Waals surface area contributed by atoms with Gasteiger partial charge in [0.2, 0.25) is 0 Å². The molecular weight excluding hydrogens is 172 g/mol. The average molecular weight is 185 g/mol. The highest BCUT2D eigenvalue weighted by atomic mass is 16.5. The number of hydrogen-bond donors (Lipinski definition) is 0. The molecule has 1 aliphatic rings. The molecule has 14 heavy (non-hydrogen) atoms. The Hall–Kier alpha value is -0.820. The molecule has 1 saturated carbocycles. The maximum absolute atomic E-state index is 5.14. The van der Waals surface area contributed by atoms with Gasteiger partial charge in [0.15, 0.2) is 0 Å². The molecule has 5 radical (unpaired) electrons. The second-order valence-electron chi connectivity index (χ2n) is 3.24. The minimum absolute atomic E-state index is 0.948. The Balaban J connectivity index is 1.96. The molecule has 0 spiro atoms. The molecule has 71 valence electrons. The lowest BCUT2D eigenvalue weighted by atomic mass is 9.83. The van der Waals surface area contributed by atoms with E-state index >= 15 is 0 Å². The van der Waals surface area contributed by atoms with Gasteiger partial charge < -0.3 is 4.74 Å². The Labute approximate surface area is 86.1 Å². The van der Waals surface area contributed by atoms with E-state index in [9.17, 15) is 0 Å². The van der Waals surface area contributed by atoms with E-state index in [0.717, 1.165) is 12.5 Å². The lowest BCUT2D eigenvalue weighted by Gasteiger charge is -2.25. The maximum Gasteiger partial charge on any atom is 0.104 e. The summed E-state index contributed by atoms with van der Waals surface area (Å²) in [6, 6.07) is 10.4. The highest BCUT2D eigenvalue weighted by molar-refractivity contribution is 5.43. The second-order valence-corrected chi connectivity index (χ2v) is 3.24. The van der Waals surface area contributed by atoms with Crippen molar-refractivity contribution in [3.8, 4) is 0 Å². The Bertz CT molecular complexity index is 260. The zero-order chi connectivity index (χ0) is 9.80. The molecule has 1 aromatic carbocycles. The van der Waals surface area contributed by atoms with Crippen LogP contribution in [0.4, 0.5) is 0 Å². The predicted octanol–water partition coefficient (Wildman–Crippen LogP) is 2.80. The van der Waals surface area contributed by atoms with E-state index in [4.69, 9.17) is 4.74 Å². The molecule has 1 heteroatoms. The van der Waals surface area contributed by atoms with Gasteiger partial charge in [0.25, 0.3) is 0 Å². The zero-order valence-corrected chi connectivity index (χ0v) is 8.23. The van der Waals surface area contributed by atoms with Crippen LogP contribution in [0.2, 0.25) is 0 Å². The van der Waals surface area contributed by atoms with Crippen molar-refractivity contribution >= 4 is 0 Å². The van der Waals surface area contributed by atoms with Crippen LogP contribution in [0.25, 0.3) is 0 Å². The fourth-order valence-electron chi connectivity index (χ4n) is 1.55. The van der Waals surface area contributed by atoms with Gasteiger partial charge >= 0.3 is 0 Å². The first-order valence-corrected chi connectivity index (χ1v) is 4.73. The lowest BCUT2D eigenvalue weighted by molar-refractivity contribution is 0.234. The Morgan fingerprint density at radius 2 is 1.86 bits per heavy atom. The summed E-state index contributed by atoms with van der Waals surface area (Å²) in [6.45, 7) is 0. The van der Waals surface area contributed by atoms with Gasteiger partial charge in [-0.05, 0) is 24.8 Å². The Morgan fingerprint density at radius 1 is 1.07 bits per heavy atom. The van der Waals surface area contributed by atoms with E-state index < -0.39 is 0 Å². The molecule has 0 N–H and O–H groups in total. The van der Waals surface area contributed by atoms with Gasteiger partial charge in [0, 0.05) is 19.4 Å². The van der Waals surface area contributed by atoms with E-state index in [0.29, 0.717) is 0 Å². The van der Waals surface area contributed by atoms with Crippen LogP contribution in [-0.4, -0.2) is 7.11 Å². The molecule has 0 saturated heterocycles. The molecule has 0 heterocycles. The summed E-state index contributed by atoms with van der Waals surface area (Å²) in [5.74, 6) is 1.34. The van der Waals surface area contributed by atoms with E-state index in [-0.39, 0.29) is 0 Å². The van der Waals surface area contributed by atoms with Gasteiger partial charge in [-0.15, -0.1) is 0 Å². The minimum atomic E-state index is 0.948. The quantitative estimate of drug-likeness (QED) is 0.688. The molecule has 0 amide bonds. The predicted molar refractivity (Wildman–Crippen MR) is 56.6 cm³/mol. The summed E-state index contributed by atoms with van der Waals surface area (Å²) in [6.07, 6.45) is 8.12. The van der Waals surface area contributed by atoms with Crippen molar-refractivity contribution in [3.05, 3.63) is 67.2 Å². The third-order valence-electron chi connectivity index (χ3n) is 2.35. The number of benzene rings is 1. The smallest absolute Gasteiger partial charge is 0.104 e. The van der Waals surface area contributed by atoms with E-state index in [2.05, 4.69) is 37.1 Å². The fourth-order valence-corrected chi connectivity index (χ4v) is 1.55. The van der Waals surface area contributed by atoms with Gasteiger partial charge in [-0.25, -0.2) is 0 Å². The van der Waals surface area contributed by atoms with Crippen molar-refractivity contribution in [1.82, 2.24) is 0 Å². The molecule has 2 rings (SSSR count). The fraction of sp³-hybridized carbons (Fsp3) is 0.154. The third-order valence-corrected chi connectivity index (χ3v) is 2.35. The molecule has 1 aliphatic carbocycles. The molecule has 0 atom stereocenters. The average Bonchev–Trinajstić information content (AvgIpc) is 2.30. The van der Waals surface area contributed by atoms with Crippen molar-refractivity contribution in [2.75, 3.05) is 7.11 Å². The van der Waals surface area contributed by atoms with Crippen molar-refractivity contribution < 1.29 is 4.74 Å². The first-order chi connectivity index (χ1) is 6.90. The molecule has 1 aromatic rings. The van der Waals surface area contributed by atoms with E-state index in [1.165, 1.54) is 11.5 Å². The van der Waals surface area contributed by atoms with Gasteiger partial charge in [-0.1, -0.05) is 30.3 Å². The van der Waals surface area contributed by atoms with Crippen LogP contribution in [0.15, 0.2) is 30.3 Å². The summed E-state index contributed by atoms with van der Waals surface area (Å²) in [5, 5.41) is 0. The molecule has 1 fully saturated rings. The summed E-state index contributed by atoms with van der Waals surface area (Å²) >= 11 is 0. The van der Waals surface area contributed by atoms with Gasteiger partial charge in [0.05, 0.1) is 0 Å². The molecule has 0 aromatic heterocycles. The monoisotopic (exact) mass is 185 g/mol. The second kappa shape index (κ2) is 4.61.